The lowest BCUT2D eigenvalue weighted by Crippen LogP contribution is -2.34. The molecule has 19 heavy (non-hydrogen) atoms. The lowest BCUT2D eigenvalue weighted by atomic mass is 9.75. The zero-order valence-corrected chi connectivity index (χ0v) is 10.5. The van der Waals surface area contributed by atoms with Gasteiger partial charge in [0.25, 0.3) is 0 Å². The van der Waals surface area contributed by atoms with Crippen LogP contribution in [0.15, 0.2) is 48.5 Å². The van der Waals surface area contributed by atoms with E-state index in [2.05, 4.69) is 0 Å². The quantitative estimate of drug-likeness (QED) is 0.808. The highest BCUT2D eigenvalue weighted by molar-refractivity contribution is 5.88. The Balaban J connectivity index is 2.23. The Hall–Kier alpha value is -2.29. The van der Waals surface area contributed by atoms with E-state index in [0.717, 1.165) is 23.1 Å². The van der Waals surface area contributed by atoms with Crippen molar-refractivity contribution in [1.29, 1.82) is 0 Å². The van der Waals surface area contributed by atoms with Gasteiger partial charge in [0.2, 0.25) is 0 Å². The Morgan fingerprint density at radius 1 is 1.11 bits per heavy atom. The van der Waals surface area contributed by atoms with Gasteiger partial charge >= 0.3 is 5.97 Å². The van der Waals surface area contributed by atoms with Gasteiger partial charge in [0.15, 0.2) is 0 Å². The first-order valence-corrected chi connectivity index (χ1v) is 6.32. The maximum Gasteiger partial charge on any atom is 0.318 e. The average Bonchev–Trinajstić information content (AvgIpc) is 2.80. The van der Waals surface area contributed by atoms with Crippen LogP contribution in [0.5, 0.6) is 0 Å². The van der Waals surface area contributed by atoms with Gasteiger partial charge in [0, 0.05) is 5.69 Å². The molecule has 2 aromatic rings. The number of hydrogen-bond acceptors (Lipinski definition) is 2. The van der Waals surface area contributed by atoms with Crippen LogP contribution >= 0.6 is 0 Å². The molecule has 1 unspecified atom stereocenters. The van der Waals surface area contributed by atoms with Gasteiger partial charge in [-0.1, -0.05) is 36.4 Å². The molecule has 96 valence electrons. The van der Waals surface area contributed by atoms with Gasteiger partial charge in [-0.15, -0.1) is 0 Å². The van der Waals surface area contributed by atoms with Gasteiger partial charge in [0.1, 0.15) is 5.41 Å². The van der Waals surface area contributed by atoms with Crippen LogP contribution in [0.2, 0.25) is 0 Å². The second kappa shape index (κ2) is 4.12. The number of fused-ring (bicyclic) bond motifs is 1. The van der Waals surface area contributed by atoms with Crippen LogP contribution in [0.25, 0.3) is 0 Å². The molecule has 0 fully saturated rings. The summed E-state index contributed by atoms with van der Waals surface area (Å²) in [6.45, 7) is 0. The minimum absolute atomic E-state index is 0.603. The number of carbonyl (C=O) groups is 1. The second-order valence-electron chi connectivity index (χ2n) is 4.99. The van der Waals surface area contributed by atoms with Crippen LogP contribution in [0, 0.1) is 0 Å². The standard InChI is InChI=1S/C16H15NO2/c17-13-7-5-12(6-8-13)16(15(18)19)10-9-11-3-1-2-4-14(11)16/h1-8H,9-10,17H2,(H,18,19). The highest BCUT2D eigenvalue weighted by Crippen LogP contribution is 2.44. The van der Waals surface area contributed by atoms with E-state index in [4.69, 9.17) is 5.73 Å². The normalized spacial score (nSPS) is 21.1. The predicted molar refractivity (Wildman–Crippen MR) is 74.0 cm³/mol. The molecule has 1 aliphatic rings. The summed E-state index contributed by atoms with van der Waals surface area (Å²) in [4.78, 5) is 11.9. The van der Waals surface area contributed by atoms with Crippen LogP contribution in [0.1, 0.15) is 23.1 Å². The number of nitrogen functional groups attached to an aromatic ring is 1. The maximum absolute atomic E-state index is 11.9. The summed E-state index contributed by atoms with van der Waals surface area (Å²) in [5.41, 5.74) is 8.26. The third kappa shape index (κ3) is 1.62. The number of aliphatic carboxylic acids is 1. The first-order chi connectivity index (χ1) is 9.14. The zero-order chi connectivity index (χ0) is 13.5. The predicted octanol–water partition coefficient (Wildman–Crippen LogP) is 2.59. The number of carboxylic acids is 1. The van der Waals surface area contributed by atoms with E-state index in [1.807, 2.05) is 36.4 Å². The molecular weight excluding hydrogens is 238 g/mol. The van der Waals surface area contributed by atoms with E-state index < -0.39 is 11.4 Å². The minimum atomic E-state index is -0.926. The third-order valence-corrected chi connectivity index (χ3v) is 4.02. The summed E-state index contributed by atoms with van der Waals surface area (Å²) >= 11 is 0. The molecule has 1 atom stereocenters. The Kier molecular flexibility index (Phi) is 2.56. The Bertz CT molecular complexity index is 633. The van der Waals surface area contributed by atoms with Gasteiger partial charge in [0.05, 0.1) is 0 Å². The molecule has 0 spiro atoms. The van der Waals surface area contributed by atoms with E-state index in [1.54, 1.807) is 12.1 Å². The summed E-state index contributed by atoms with van der Waals surface area (Å²) in [6.07, 6.45) is 1.40. The topological polar surface area (TPSA) is 63.3 Å². The van der Waals surface area contributed by atoms with Crippen molar-refractivity contribution >= 4 is 11.7 Å². The van der Waals surface area contributed by atoms with Crippen molar-refractivity contribution in [2.75, 3.05) is 5.73 Å². The summed E-state index contributed by atoms with van der Waals surface area (Å²) in [5.74, 6) is -0.790. The van der Waals surface area contributed by atoms with Gasteiger partial charge < -0.3 is 10.8 Å². The van der Waals surface area contributed by atoms with Crippen molar-refractivity contribution in [3.63, 3.8) is 0 Å². The maximum atomic E-state index is 11.9. The number of nitrogens with two attached hydrogens (primary N) is 1. The van der Waals surface area contributed by atoms with E-state index >= 15 is 0 Å². The number of anilines is 1. The SMILES string of the molecule is Nc1ccc(C2(C(=O)O)CCc3ccccc32)cc1. The highest BCUT2D eigenvalue weighted by Gasteiger charge is 2.46. The molecule has 0 radical (unpaired) electrons. The lowest BCUT2D eigenvalue weighted by Gasteiger charge is -2.26. The molecule has 3 nitrogen and oxygen atoms in total. The number of rotatable bonds is 2. The minimum Gasteiger partial charge on any atom is -0.480 e. The van der Waals surface area contributed by atoms with Crippen LogP contribution in [0.3, 0.4) is 0 Å². The number of benzene rings is 2. The number of carboxylic acid groups (broad SMARTS) is 1. The number of aryl methyl sites for hydroxylation is 1. The first-order valence-electron chi connectivity index (χ1n) is 6.32. The van der Waals surface area contributed by atoms with Gasteiger partial charge in [-0.3, -0.25) is 4.79 Å². The molecule has 3 N–H and O–H groups in total. The fraction of sp³-hybridized carbons (Fsp3) is 0.188. The van der Waals surface area contributed by atoms with Crippen molar-refractivity contribution in [2.45, 2.75) is 18.3 Å². The molecule has 0 bridgehead atoms. The molecule has 3 rings (SSSR count). The Morgan fingerprint density at radius 3 is 2.47 bits per heavy atom. The zero-order valence-electron chi connectivity index (χ0n) is 10.5. The van der Waals surface area contributed by atoms with Crippen molar-refractivity contribution in [3.05, 3.63) is 65.2 Å². The molecule has 0 aliphatic heterocycles. The second-order valence-corrected chi connectivity index (χ2v) is 4.99. The molecule has 0 saturated carbocycles. The van der Waals surface area contributed by atoms with Crippen molar-refractivity contribution in [2.24, 2.45) is 0 Å². The van der Waals surface area contributed by atoms with Crippen LogP contribution in [-0.2, 0) is 16.6 Å². The van der Waals surface area contributed by atoms with E-state index in [-0.39, 0.29) is 0 Å². The monoisotopic (exact) mass is 253 g/mol. The van der Waals surface area contributed by atoms with E-state index in [9.17, 15) is 9.90 Å². The highest BCUT2D eigenvalue weighted by atomic mass is 16.4. The fourth-order valence-electron chi connectivity index (χ4n) is 3.02. The molecule has 1 aliphatic carbocycles. The van der Waals surface area contributed by atoms with Gasteiger partial charge in [-0.25, -0.2) is 0 Å². The molecule has 0 saturated heterocycles. The summed E-state index contributed by atoms with van der Waals surface area (Å²) in [6, 6.07) is 15.0. The van der Waals surface area contributed by atoms with E-state index in [0.29, 0.717) is 12.1 Å². The first kappa shape index (κ1) is 11.8. The molecule has 2 aromatic carbocycles. The summed E-state index contributed by atoms with van der Waals surface area (Å²) in [5, 5.41) is 9.80. The lowest BCUT2D eigenvalue weighted by molar-refractivity contribution is -0.142. The van der Waals surface area contributed by atoms with Crippen LogP contribution < -0.4 is 5.73 Å². The Labute approximate surface area is 111 Å². The van der Waals surface area contributed by atoms with Gasteiger partial charge in [-0.05, 0) is 41.7 Å². The van der Waals surface area contributed by atoms with Gasteiger partial charge in [-0.2, -0.15) is 0 Å². The molecule has 0 heterocycles. The van der Waals surface area contributed by atoms with Crippen LogP contribution in [-0.4, -0.2) is 11.1 Å². The van der Waals surface area contributed by atoms with E-state index in [1.165, 1.54) is 0 Å². The molecule has 0 aromatic heterocycles. The smallest absolute Gasteiger partial charge is 0.318 e. The largest absolute Gasteiger partial charge is 0.480 e. The summed E-state index contributed by atoms with van der Waals surface area (Å²) < 4.78 is 0. The average molecular weight is 253 g/mol. The van der Waals surface area contributed by atoms with Crippen molar-refractivity contribution < 1.29 is 9.90 Å². The van der Waals surface area contributed by atoms with Crippen molar-refractivity contribution in [3.8, 4) is 0 Å². The Morgan fingerprint density at radius 2 is 1.79 bits per heavy atom. The number of hydrogen-bond donors (Lipinski definition) is 2. The van der Waals surface area contributed by atoms with Crippen LogP contribution in [0.4, 0.5) is 5.69 Å². The molecular formula is C16H15NO2. The summed E-state index contributed by atoms with van der Waals surface area (Å²) in [7, 11) is 0. The molecule has 3 heteroatoms. The molecule has 0 amide bonds. The third-order valence-electron chi connectivity index (χ3n) is 4.02. The fourth-order valence-corrected chi connectivity index (χ4v) is 3.02. The van der Waals surface area contributed by atoms with Crippen molar-refractivity contribution in [1.82, 2.24) is 0 Å².